The lowest BCUT2D eigenvalue weighted by atomic mass is 10.3. The highest BCUT2D eigenvalue weighted by molar-refractivity contribution is 5.89. The summed E-state index contributed by atoms with van der Waals surface area (Å²) in [6, 6.07) is 6.73. The quantitative estimate of drug-likeness (QED) is 0.785. The number of hydrogen-bond acceptors (Lipinski definition) is 4. The van der Waals surface area contributed by atoms with Gasteiger partial charge in [-0.3, -0.25) is 0 Å². The fraction of sp³-hybridized carbons (Fsp3) is 0.467. The van der Waals surface area contributed by atoms with Crippen LogP contribution in [0.15, 0.2) is 24.3 Å². The van der Waals surface area contributed by atoms with Crippen molar-refractivity contribution in [1.82, 2.24) is 4.90 Å². The average Bonchev–Trinajstić information content (AvgIpc) is 2.47. The Labute approximate surface area is 125 Å². The first-order valence-corrected chi connectivity index (χ1v) is 7.05. The van der Waals surface area contributed by atoms with Crippen LogP contribution in [-0.4, -0.2) is 43.2 Å². The predicted molar refractivity (Wildman–Crippen MR) is 80.5 cm³/mol. The van der Waals surface area contributed by atoms with Gasteiger partial charge in [-0.25, -0.2) is 9.59 Å². The molecule has 1 rings (SSSR count). The van der Waals surface area contributed by atoms with Crippen LogP contribution in [0, 0.1) is 0 Å². The van der Waals surface area contributed by atoms with Crippen molar-refractivity contribution in [2.24, 2.45) is 0 Å². The van der Waals surface area contributed by atoms with E-state index < -0.39 is 5.97 Å². The molecule has 0 unspecified atom stereocenters. The molecule has 0 aliphatic heterocycles. The summed E-state index contributed by atoms with van der Waals surface area (Å²) in [5.41, 5.74) is 0.619. The van der Waals surface area contributed by atoms with Crippen LogP contribution in [0.5, 0.6) is 5.75 Å². The largest absolute Gasteiger partial charge is 0.482 e. The number of ether oxygens (including phenoxy) is 2. The lowest BCUT2D eigenvalue weighted by Gasteiger charge is -2.19. The lowest BCUT2D eigenvalue weighted by molar-refractivity contribution is -0.145. The molecule has 1 aromatic carbocycles. The van der Waals surface area contributed by atoms with E-state index in [2.05, 4.69) is 5.32 Å². The van der Waals surface area contributed by atoms with Crippen molar-refractivity contribution in [3.05, 3.63) is 24.3 Å². The highest BCUT2D eigenvalue weighted by Gasteiger charge is 2.10. The van der Waals surface area contributed by atoms with Crippen LogP contribution in [0.1, 0.15) is 20.8 Å². The molecule has 0 saturated carbocycles. The number of carbonyl (C=O) groups excluding carboxylic acids is 2. The van der Waals surface area contributed by atoms with Crippen molar-refractivity contribution in [2.45, 2.75) is 20.8 Å². The molecule has 0 heterocycles. The number of rotatable bonds is 7. The van der Waals surface area contributed by atoms with Gasteiger partial charge in [0, 0.05) is 24.8 Å². The van der Waals surface area contributed by atoms with E-state index in [1.165, 1.54) is 0 Å². The summed E-state index contributed by atoms with van der Waals surface area (Å²) in [6.07, 6.45) is 0. The number of amides is 2. The first kappa shape index (κ1) is 16.8. The van der Waals surface area contributed by atoms with Gasteiger partial charge in [0.1, 0.15) is 5.75 Å². The maximum Gasteiger partial charge on any atom is 0.344 e. The Morgan fingerprint density at radius 1 is 1.19 bits per heavy atom. The van der Waals surface area contributed by atoms with Crippen molar-refractivity contribution in [3.63, 3.8) is 0 Å². The van der Waals surface area contributed by atoms with E-state index in [4.69, 9.17) is 9.47 Å². The summed E-state index contributed by atoms with van der Waals surface area (Å²) in [5, 5.41) is 2.79. The summed E-state index contributed by atoms with van der Waals surface area (Å²) in [5.74, 6) is 0.0791. The number of nitrogens with one attached hydrogen (secondary N) is 1. The molecule has 2 amide bonds. The van der Waals surface area contributed by atoms with Gasteiger partial charge in [0.25, 0.3) is 0 Å². The molecule has 21 heavy (non-hydrogen) atoms. The van der Waals surface area contributed by atoms with Crippen molar-refractivity contribution in [1.29, 1.82) is 0 Å². The molecule has 0 bridgehead atoms. The lowest BCUT2D eigenvalue weighted by Crippen LogP contribution is -2.34. The molecule has 1 N–H and O–H groups in total. The molecule has 6 nitrogen and oxygen atoms in total. The van der Waals surface area contributed by atoms with Crippen LogP contribution in [0.25, 0.3) is 0 Å². The van der Waals surface area contributed by atoms with Crippen LogP contribution in [0.3, 0.4) is 0 Å². The van der Waals surface area contributed by atoms with Gasteiger partial charge in [0.15, 0.2) is 6.61 Å². The fourth-order valence-corrected chi connectivity index (χ4v) is 1.72. The molecule has 0 radical (unpaired) electrons. The van der Waals surface area contributed by atoms with E-state index in [1.54, 1.807) is 36.1 Å². The Bertz CT molecular complexity index is 472. The summed E-state index contributed by atoms with van der Waals surface area (Å²) in [6.45, 7) is 7.03. The van der Waals surface area contributed by atoms with E-state index in [1.807, 2.05) is 13.8 Å². The van der Waals surface area contributed by atoms with Gasteiger partial charge in [-0.2, -0.15) is 0 Å². The van der Waals surface area contributed by atoms with Gasteiger partial charge in [-0.05, 0) is 32.9 Å². The smallest absolute Gasteiger partial charge is 0.344 e. The molecule has 0 atom stereocenters. The second kappa shape index (κ2) is 8.84. The van der Waals surface area contributed by atoms with E-state index in [0.717, 1.165) is 0 Å². The third-order valence-electron chi connectivity index (χ3n) is 2.80. The number of nitrogens with zero attached hydrogens (tertiary/aromatic N) is 1. The predicted octanol–water partition coefficient (Wildman–Crippen LogP) is 2.50. The normalized spacial score (nSPS) is 9.86. The monoisotopic (exact) mass is 294 g/mol. The summed E-state index contributed by atoms with van der Waals surface area (Å²) >= 11 is 0. The van der Waals surface area contributed by atoms with Crippen molar-refractivity contribution >= 4 is 17.7 Å². The first-order chi connectivity index (χ1) is 10.1. The van der Waals surface area contributed by atoms with Crippen LogP contribution >= 0.6 is 0 Å². The van der Waals surface area contributed by atoms with Gasteiger partial charge < -0.3 is 19.7 Å². The van der Waals surface area contributed by atoms with Crippen molar-refractivity contribution in [2.75, 3.05) is 31.6 Å². The van der Waals surface area contributed by atoms with E-state index in [0.29, 0.717) is 31.1 Å². The SMILES string of the molecule is CCOC(=O)COc1cccc(NC(=O)N(CC)CC)c1. The Morgan fingerprint density at radius 2 is 1.90 bits per heavy atom. The molecule has 0 saturated heterocycles. The first-order valence-electron chi connectivity index (χ1n) is 7.05. The number of esters is 1. The van der Waals surface area contributed by atoms with Crippen LogP contribution < -0.4 is 10.1 Å². The minimum atomic E-state index is -0.421. The third-order valence-corrected chi connectivity index (χ3v) is 2.80. The second-order valence-electron chi connectivity index (χ2n) is 4.22. The summed E-state index contributed by atoms with van der Waals surface area (Å²) < 4.78 is 10.1. The topological polar surface area (TPSA) is 67.9 Å². The Morgan fingerprint density at radius 3 is 2.52 bits per heavy atom. The van der Waals surface area contributed by atoms with Gasteiger partial charge in [0.05, 0.1) is 6.61 Å². The second-order valence-corrected chi connectivity index (χ2v) is 4.22. The zero-order chi connectivity index (χ0) is 15.7. The van der Waals surface area contributed by atoms with E-state index >= 15 is 0 Å². The molecule has 6 heteroatoms. The minimum Gasteiger partial charge on any atom is -0.482 e. The summed E-state index contributed by atoms with van der Waals surface area (Å²) in [4.78, 5) is 24.8. The molecule has 116 valence electrons. The maximum absolute atomic E-state index is 11.9. The molecule has 0 aliphatic carbocycles. The van der Waals surface area contributed by atoms with Crippen molar-refractivity contribution < 1.29 is 19.1 Å². The zero-order valence-electron chi connectivity index (χ0n) is 12.7. The minimum absolute atomic E-state index is 0.152. The van der Waals surface area contributed by atoms with Gasteiger partial charge in [-0.1, -0.05) is 6.07 Å². The molecular weight excluding hydrogens is 272 g/mol. The molecule has 0 spiro atoms. The average molecular weight is 294 g/mol. The van der Waals surface area contributed by atoms with E-state index in [-0.39, 0.29) is 12.6 Å². The zero-order valence-corrected chi connectivity index (χ0v) is 12.7. The molecule has 0 aliphatic rings. The fourth-order valence-electron chi connectivity index (χ4n) is 1.72. The Kier molecular flexibility index (Phi) is 7.08. The highest BCUT2D eigenvalue weighted by Crippen LogP contribution is 2.17. The van der Waals surface area contributed by atoms with Crippen molar-refractivity contribution in [3.8, 4) is 5.75 Å². The Hall–Kier alpha value is -2.24. The van der Waals surface area contributed by atoms with Gasteiger partial charge in [-0.15, -0.1) is 0 Å². The number of urea groups is 1. The summed E-state index contributed by atoms with van der Waals surface area (Å²) in [7, 11) is 0. The van der Waals surface area contributed by atoms with Crippen LogP contribution in [0.2, 0.25) is 0 Å². The Balaban J connectivity index is 2.59. The molecule has 0 fully saturated rings. The molecule has 1 aromatic rings. The van der Waals surface area contributed by atoms with Gasteiger partial charge >= 0.3 is 12.0 Å². The van der Waals surface area contributed by atoms with Crippen LogP contribution in [-0.2, 0) is 9.53 Å². The number of benzene rings is 1. The molecule has 0 aromatic heterocycles. The standard InChI is InChI=1S/C15H22N2O4/c1-4-17(5-2)15(19)16-12-8-7-9-13(10-12)21-11-14(18)20-6-3/h7-10H,4-6,11H2,1-3H3,(H,16,19). The maximum atomic E-state index is 11.9. The van der Waals surface area contributed by atoms with E-state index in [9.17, 15) is 9.59 Å². The van der Waals surface area contributed by atoms with Crippen LogP contribution in [0.4, 0.5) is 10.5 Å². The third kappa shape index (κ3) is 5.72. The highest BCUT2D eigenvalue weighted by atomic mass is 16.6. The number of anilines is 1. The number of hydrogen-bond donors (Lipinski definition) is 1. The molecular formula is C15H22N2O4. The van der Waals surface area contributed by atoms with Gasteiger partial charge in [0.2, 0.25) is 0 Å². The number of carbonyl (C=O) groups is 2.